The Hall–Kier alpha value is -2.82. The van der Waals surface area contributed by atoms with Gasteiger partial charge in [-0.05, 0) is 43.2 Å². The topological polar surface area (TPSA) is 58.6 Å². The van der Waals surface area contributed by atoms with E-state index >= 15 is 0 Å². The minimum atomic E-state index is -0.549. The van der Waals surface area contributed by atoms with Gasteiger partial charge in [0.25, 0.3) is 5.91 Å². The molecule has 0 bridgehead atoms. The van der Waals surface area contributed by atoms with Gasteiger partial charge >= 0.3 is 0 Å². The molecule has 2 aromatic carbocycles. The lowest BCUT2D eigenvalue weighted by molar-refractivity contribution is -0.121. The number of amides is 2. The van der Waals surface area contributed by atoms with E-state index in [4.69, 9.17) is 4.74 Å². The van der Waals surface area contributed by atoms with Gasteiger partial charge in [-0.2, -0.15) is 0 Å². The van der Waals surface area contributed by atoms with E-state index in [1.165, 1.54) is 0 Å². The van der Waals surface area contributed by atoms with Gasteiger partial charge in [-0.25, -0.2) is 0 Å². The van der Waals surface area contributed by atoms with Gasteiger partial charge in [-0.1, -0.05) is 24.3 Å². The molecule has 1 aliphatic heterocycles. The molecule has 1 aliphatic rings. The van der Waals surface area contributed by atoms with E-state index in [9.17, 15) is 9.59 Å². The molecule has 0 aromatic heterocycles. The molecule has 1 N–H and O–H groups in total. The minimum absolute atomic E-state index is 0.0812. The monoisotopic (exact) mass is 338 g/mol. The predicted molar refractivity (Wildman–Crippen MR) is 97.0 cm³/mol. The summed E-state index contributed by atoms with van der Waals surface area (Å²) in [7, 11) is 3.33. The highest BCUT2D eigenvalue weighted by atomic mass is 16.5. The molecule has 2 amide bonds. The second-order valence-electron chi connectivity index (χ2n) is 6.72. The maximum absolute atomic E-state index is 12.4. The molecule has 5 heteroatoms. The summed E-state index contributed by atoms with van der Waals surface area (Å²) in [5.41, 5.74) is 2.82. The van der Waals surface area contributed by atoms with E-state index in [-0.39, 0.29) is 11.8 Å². The molecule has 130 valence electrons. The first-order chi connectivity index (χ1) is 11.9. The van der Waals surface area contributed by atoms with Gasteiger partial charge in [0.15, 0.2) is 0 Å². The first-order valence-corrected chi connectivity index (χ1v) is 8.19. The molecule has 0 saturated heterocycles. The fraction of sp³-hybridized carbons (Fsp3) is 0.300. The third-order valence-corrected chi connectivity index (χ3v) is 4.74. The molecule has 3 rings (SSSR count). The molecule has 0 unspecified atom stereocenters. The van der Waals surface area contributed by atoms with Crippen LogP contribution >= 0.6 is 0 Å². The second kappa shape index (κ2) is 6.24. The molecule has 0 saturated carbocycles. The summed E-state index contributed by atoms with van der Waals surface area (Å²) in [6.45, 7) is 4.24. The fourth-order valence-corrected chi connectivity index (χ4v) is 3.24. The van der Waals surface area contributed by atoms with Crippen LogP contribution in [0.1, 0.15) is 35.3 Å². The Kier molecular flexibility index (Phi) is 4.25. The van der Waals surface area contributed by atoms with Crippen LogP contribution in [0.3, 0.4) is 0 Å². The number of carbonyl (C=O) groups is 2. The van der Waals surface area contributed by atoms with E-state index in [1.807, 2.05) is 38.1 Å². The third kappa shape index (κ3) is 2.86. The van der Waals surface area contributed by atoms with Gasteiger partial charge in [0.1, 0.15) is 5.75 Å². The number of hydrogen-bond donors (Lipinski definition) is 1. The van der Waals surface area contributed by atoms with Crippen molar-refractivity contribution in [3.63, 3.8) is 0 Å². The van der Waals surface area contributed by atoms with Crippen LogP contribution < -0.4 is 15.0 Å². The molecule has 0 radical (unpaired) electrons. The highest BCUT2D eigenvalue weighted by molar-refractivity contribution is 6.07. The van der Waals surface area contributed by atoms with Crippen molar-refractivity contribution in [2.24, 2.45) is 0 Å². The number of methoxy groups -OCH3 is 1. The van der Waals surface area contributed by atoms with Crippen molar-refractivity contribution in [1.29, 1.82) is 0 Å². The summed E-state index contributed by atoms with van der Waals surface area (Å²) >= 11 is 0. The van der Waals surface area contributed by atoms with E-state index in [2.05, 4.69) is 5.32 Å². The Labute approximate surface area is 147 Å². The maximum atomic E-state index is 12.4. The molecule has 0 spiro atoms. The lowest BCUT2D eigenvalue weighted by Gasteiger charge is -2.17. The van der Waals surface area contributed by atoms with Crippen LogP contribution in [0, 0.1) is 0 Å². The largest absolute Gasteiger partial charge is 0.496 e. The van der Waals surface area contributed by atoms with Crippen molar-refractivity contribution in [3.8, 4) is 5.75 Å². The number of benzene rings is 2. The zero-order valence-corrected chi connectivity index (χ0v) is 14.9. The lowest BCUT2D eigenvalue weighted by atomic mass is 9.85. The van der Waals surface area contributed by atoms with Crippen molar-refractivity contribution < 1.29 is 14.3 Å². The van der Waals surface area contributed by atoms with Crippen LogP contribution in [0.2, 0.25) is 0 Å². The summed E-state index contributed by atoms with van der Waals surface area (Å²) < 4.78 is 5.23. The first kappa shape index (κ1) is 17.0. The predicted octanol–water partition coefficient (Wildman–Crippen LogP) is 2.88. The van der Waals surface area contributed by atoms with Crippen molar-refractivity contribution in [1.82, 2.24) is 5.32 Å². The molecule has 1 heterocycles. The Balaban J connectivity index is 1.78. The molecule has 2 aromatic rings. The Bertz CT molecular complexity index is 843. The van der Waals surface area contributed by atoms with Crippen LogP contribution in [0.25, 0.3) is 0 Å². The van der Waals surface area contributed by atoms with Crippen LogP contribution in [-0.2, 0) is 16.8 Å². The molecule has 0 atom stereocenters. The number of likely N-dealkylation sites (N-methyl/N-ethyl adjacent to an activating group) is 1. The first-order valence-electron chi connectivity index (χ1n) is 8.19. The maximum Gasteiger partial charge on any atom is 0.255 e. The third-order valence-electron chi connectivity index (χ3n) is 4.74. The van der Waals surface area contributed by atoms with Crippen molar-refractivity contribution in [2.75, 3.05) is 19.1 Å². The number of nitrogens with zero attached hydrogens (tertiary/aromatic N) is 1. The zero-order valence-electron chi connectivity index (χ0n) is 14.9. The lowest BCUT2D eigenvalue weighted by Crippen LogP contribution is -2.33. The van der Waals surface area contributed by atoms with E-state index in [0.717, 1.165) is 16.8 Å². The van der Waals surface area contributed by atoms with Gasteiger partial charge in [-0.15, -0.1) is 0 Å². The SMILES string of the molecule is COc1ccccc1C(=O)NCc1ccc2c(c1)C(C)(C)C(=O)N2C. The second-order valence-corrected chi connectivity index (χ2v) is 6.72. The molecule has 25 heavy (non-hydrogen) atoms. The Morgan fingerprint density at radius 1 is 1.20 bits per heavy atom. The van der Waals surface area contributed by atoms with E-state index in [0.29, 0.717) is 17.9 Å². The molecule has 0 aliphatic carbocycles. The summed E-state index contributed by atoms with van der Waals surface area (Å²) in [4.78, 5) is 26.5. The number of para-hydroxylation sites is 1. The Morgan fingerprint density at radius 2 is 1.92 bits per heavy atom. The molecule has 5 nitrogen and oxygen atoms in total. The summed E-state index contributed by atoms with van der Waals surface area (Å²) in [6.07, 6.45) is 0. The zero-order chi connectivity index (χ0) is 18.2. The van der Waals surface area contributed by atoms with Gasteiger partial charge in [0, 0.05) is 19.3 Å². The normalized spacial score (nSPS) is 15.0. The standard InChI is InChI=1S/C20H22N2O3/c1-20(2)15-11-13(9-10-16(15)22(3)19(20)24)12-21-18(23)14-7-5-6-8-17(14)25-4/h5-11H,12H2,1-4H3,(H,21,23). The number of ether oxygens (including phenoxy) is 1. The highest BCUT2D eigenvalue weighted by Gasteiger charge is 2.42. The number of nitrogens with one attached hydrogen (secondary N) is 1. The number of rotatable bonds is 4. The number of hydrogen-bond acceptors (Lipinski definition) is 3. The van der Waals surface area contributed by atoms with Crippen molar-refractivity contribution in [2.45, 2.75) is 25.8 Å². The molecular weight excluding hydrogens is 316 g/mol. The highest BCUT2D eigenvalue weighted by Crippen LogP contribution is 2.41. The minimum Gasteiger partial charge on any atom is -0.496 e. The van der Waals surface area contributed by atoms with E-state index in [1.54, 1.807) is 37.3 Å². The van der Waals surface area contributed by atoms with Crippen LogP contribution in [0.4, 0.5) is 5.69 Å². The summed E-state index contributed by atoms with van der Waals surface area (Å²) in [5, 5.41) is 2.91. The molecular formula is C20H22N2O3. The Morgan fingerprint density at radius 3 is 2.64 bits per heavy atom. The summed E-state index contributed by atoms with van der Waals surface area (Å²) in [5.74, 6) is 0.436. The average molecular weight is 338 g/mol. The number of carbonyl (C=O) groups excluding carboxylic acids is 2. The van der Waals surface area contributed by atoms with Gasteiger partial charge < -0.3 is 15.0 Å². The average Bonchev–Trinajstić information content (AvgIpc) is 2.80. The van der Waals surface area contributed by atoms with Crippen LogP contribution in [0.5, 0.6) is 5.75 Å². The van der Waals surface area contributed by atoms with Gasteiger partial charge in [-0.3, -0.25) is 9.59 Å². The number of fused-ring (bicyclic) bond motifs is 1. The van der Waals surface area contributed by atoms with Gasteiger partial charge in [0.05, 0.1) is 18.1 Å². The van der Waals surface area contributed by atoms with Crippen LogP contribution in [0.15, 0.2) is 42.5 Å². The van der Waals surface area contributed by atoms with Crippen molar-refractivity contribution >= 4 is 17.5 Å². The molecule has 0 fully saturated rings. The van der Waals surface area contributed by atoms with E-state index < -0.39 is 5.41 Å². The van der Waals surface area contributed by atoms with Crippen LogP contribution in [-0.4, -0.2) is 26.0 Å². The number of anilines is 1. The van der Waals surface area contributed by atoms with Crippen molar-refractivity contribution in [3.05, 3.63) is 59.2 Å². The fourth-order valence-electron chi connectivity index (χ4n) is 3.24. The summed E-state index contributed by atoms with van der Waals surface area (Å²) in [6, 6.07) is 13.0. The smallest absolute Gasteiger partial charge is 0.255 e. The quantitative estimate of drug-likeness (QED) is 0.932. The van der Waals surface area contributed by atoms with Gasteiger partial charge in [0.2, 0.25) is 5.91 Å².